The molecule has 3 rings (SSSR count). The number of fused-ring (bicyclic) bond motifs is 3. The third-order valence-corrected chi connectivity index (χ3v) is 4.48. The van der Waals surface area contributed by atoms with Crippen molar-refractivity contribution < 1.29 is 45.2 Å². The molecule has 0 aliphatic heterocycles. The predicted octanol–water partition coefficient (Wildman–Crippen LogP) is 0.268. The molecule has 134 valence electrons. The standard InChI is InChI=1S/C13H9.C8H18N.2ClH.Ti/c1-3-7-12-10(5-1)9-11-6-2-4-8-13(11)12;1-7(2,3)9-8(4,5)6;;;/h1-9H;1-6H3;2*1H;/q;-1;;;+3/p-2. The average Bonchev–Trinajstić information content (AvgIpc) is 2.71. The van der Waals surface area contributed by atoms with Crippen molar-refractivity contribution in [1.82, 2.24) is 0 Å². The molecule has 1 aliphatic carbocycles. The van der Waals surface area contributed by atoms with Gasteiger partial charge in [0, 0.05) is 0 Å². The van der Waals surface area contributed by atoms with Crippen LogP contribution in [0.1, 0.15) is 56.9 Å². The van der Waals surface area contributed by atoms with Gasteiger partial charge in [-0.25, -0.2) is 0 Å². The average molecular weight is 412 g/mol. The quantitative estimate of drug-likeness (QED) is 0.552. The molecule has 0 saturated heterocycles. The summed E-state index contributed by atoms with van der Waals surface area (Å²) in [7, 11) is 0. The van der Waals surface area contributed by atoms with Gasteiger partial charge in [-0.05, 0) is 0 Å². The van der Waals surface area contributed by atoms with Crippen molar-refractivity contribution in [2.75, 3.05) is 0 Å². The first-order valence-electron chi connectivity index (χ1n) is 8.22. The number of benzene rings is 2. The van der Waals surface area contributed by atoms with Crippen LogP contribution in [0.3, 0.4) is 0 Å². The Morgan fingerprint density at radius 1 is 0.680 bits per heavy atom. The molecular weight excluding hydrogens is 385 g/mol. The number of hydrogen-bond acceptors (Lipinski definition) is 0. The van der Waals surface area contributed by atoms with Gasteiger partial charge in [0.2, 0.25) is 0 Å². The van der Waals surface area contributed by atoms with Crippen molar-refractivity contribution in [3.8, 4) is 11.1 Å². The van der Waals surface area contributed by atoms with E-state index in [0.29, 0.717) is 4.22 Å². The molecular formula is C21H27Cl2NTi. The third-order valence-electron chi connectivity index (χ3n) is 3.50. The van der Waals surface area contributed by atoms with Gasteiger partial charge in [0.1, 0.15) is 0 Å². The molecule has 1 aliphatic rings. The predicted molar refractivity (Wildman–Crippen MR) is 96.6 cm³/mol. The van der Waals surface area contributed by atoms with Crippen molar-refractivity contribution >= 4 is 0 Å². The minimum absolute atomic E-state index is 0. The summed E-state index contributed by atoms with van der Waals surface area (Å²) in [6, 6.07) is 17.4. The number of nitrogens with zero attached hydrogens (tertiary/aromatic N) is 1. The summed E-state index contributed by atoms with van der Waals surface area (Å²) in [5.41, 5.74) is 5.98. The first kappa shape index (κ1) is 24.7. The van der Waals surface area contributed by atoms with Crippen LogP contribution in [0, 0.1) is 0 Å². The fourth-order valence-corrected chi connectivity index (χ4v) is 3.95. The molecule has 0 aromatic heterocycles. The van der Waals surface area contributed by atoms with E-state index in [1.807, 2.05) is 0 Å². The van der Waals surface area contributed by atoms with Gasteiger partial charge in [-0.2, -0.15) is 0 Å². The van der Waals surface area contributed by atoms with E-state index in [9.17, 15) is 0 Å². The van der Waals surface area contributed by atoms with Crippen LogP contribution in [0.25, 0.3) is 16.4 Å². The topological polar surface area (TPSA) is 14.1 Å². The van der Waals surface area contributed by atoms with E-state index >= 15 is 0 Å². The van der Waals surface area contributed by atoms with Crippen molar-refractivity contribution in [2.45, 2.75) is 56.8 Å². The van der Waals surface area contributed by atoms with Gasteiger partial charge in [-0.3, -0.25) is 0 Å². The van der Waals surface area contributed by atoms with Crippen LogP contribution < -0.4 is 24.8 Å². The molecule has 0 spiro atoms. The summed E-state index contributed by atoms with van der Waals surface area (Å²) < 4.78 is 0.558. The van der Waals surface area contributed by atoms with Crippen LogP contribution >= 0.6 is 0 Å². The molecule has 0 saturated carbocycles. The monoisotopic (exact) mass is 411 g/mol. The second kappa shape index (κ2) is 9.58. The molecule has 0 bridgehead atoms. The molecule has 0 atom stereocenters. The first-order chi connectivity index (χ1) is 10.6. The minimum atomic E-state index is 0. The van der Waals surface area contributed by atoms with Crippen LogP contribution in [-0.4, -0.2) is 11.1 Å². The Kier molecular flexibility index (Phi) is 9.46. The Labute approximate surface area is 177 Å². The van der Waals surface area contributed by atoms with Crippen LogP contribution in [0.15, 0.2) is 48.5 Å². The fraction of sp³-hybridized carbons (Fsp3) is 0.429. The Bertz CT molecular complexity index is 615. The van der Waals surface area contributed by atoms with Gasteiger partial charge in [-0.1, -0.05) is 41.5 Å². The normalized spacial score (nSPS) is 12.8. The molecule has 0 N–H and O–H groups in total. The first-order valence-corrected chi connectivity index (χ1v) is 9.12. The van der Waals surface area contributed by atoms with E-state index in [-0.39, 0.29) is 35.9 Å². The Balaban J connectivity index is 0.000000469. The van der Waals surface area contributed by atoms with Crippen LogP contribution in [0.4, 0.5) is 0 Å². The van der Waals surface area contributed by atoms with Crippen LogP contribution in [0.5, 0.6) is 0 Å². The van der Waals surface area contributed by atoms with Gasteiger partial charge >= 0.3 is 95.4 Å². The molecule has 0 fully saturated rings. The zero-order valence-electron chi connectivity index (χ0n) is 15.9. The summed E-state index contributed by atoms with van der Waals surface area (Å²) in [6.07, 6.45) is 0. The Morgan fingerprint density at radius 2 is 1.00 bits per heavy atom. The molecule has 2 aromatic carbocycles. The molecule has 1 nitrogen and oxygen atoms in total. The molecule has 0 unspecified atom stereocenters. The van der Waals surface area contributed by atoms with Crippen molar-refractivity contribution in [1.29, 1.82) is 0 Å². The van der Waals surface area contributed by atoms with Crippen molar-refractivity contribution in [3.05, 3.63) is 65.0 Å². The van der Waals surface area contributed by atoms with Crippen LogP contribution in [0.2, 0.25) is 0 Å². The van der Waals surface area contributed by atoms with Gasteiger partial charge in [0.25, 0.3) is 0 Å². The second-order valence-electron chi connectivity index (χ2n) is 8.06. The van der Waals surface area contributed by atoms with E-state index in [1.165, 1.54) is 22.3 Å². The third kappa shape index (κ3) is 7.08. The van der Waals surface area contributed by atoms with E-state index in [2.05, 4.69) is 116 Å². The molecule has 4 heteroatoms. The summed E-state index contributed by atoms with van der Waals surface area (Å²) >= 11 is 2.28. The van der Waals surface area contributed by atoms with Crippen molar-refractivity contribution in [2.24, 2.45) is 0 Å². The zero-order chi connectivity index (χ0) is 17.3. The molecule has 0 heterocycles. The van der Waals surface area contributed by atoms with Crippen molar-refractivity contribution in [3.63, 3.8) is 0 Å². The van der Waals surface area contributed by atoms with E-state index in [1.54, 1.807) is 0 Å². The van der Waals surface area contributed by atoms with Gasteiger partial charge in [-0.15, -0.1) is 11.1 Å². The zero-order valence-corrected chi connectivity index (χ0v) is 19.0. The molecule has 0 radical (unpaired) electrons. The summed E-state index contributed by atoms with van der Waals surface area (Å²) in [5, 5.41) is 4.54. The Hall–Kier alpha value is -0.306. The fourth-order valence-electron chi connectivity index (χ4n) is 3.16. The molecule has 0 amide bonds. The van der Waals surface area contributed by atoms with E-state index in [4.69, 9.17) is 0 Å². The van der Waals surface area contributed by atoms with Gasteiger partial charge in [0.05, 0.1) is 0 Å². The summed E-state index contributed by atoms with van der Waals surface area (Å²) in [6.45, 7) is 12.7. The van der Waals surface area contributed by atoms with Gasteiger partial charge < -0.3 is 30.1 Å². The molecule has 25 heavy (non-hydrogen) atoms. The Morgan fingerprint density at radius 3 is 1.28 bits per heavy atom. The number of rotatable bonds is 0. The van der Waals surface area contributed by atoms with E-state index in [0.717, 1.165) is 0 Å². The van der Waals surface area contributed by atoms with Crippen LogP contribution in [-0.2, 0) is 20.4 Å². The summed E-state index contributed by atoms with van der Waals surface area (Å²) in [4.78, 5) is 0. The second-order valence-corrected chi connectivity index (χ2v) is 8.96. The number of hydrogen-bond donors (Lipinski definition) is 0. The maximum absolute atomic E-state index is 4.54. The van der Waals surface area contributed by atoms with E-state index < -0.39 is 0 Å². The van der Waals surface area contributed by atoms with Gasteiger partial charge in [0.15, 0.2) is 0 Å². The SMILES string of the molecule is CC(C)(C)[N-]C(C)(C)C.[Cl-].[Cl-].[Ti+3][CH]1c2ccccc2-c2ccccc21. The summed E-state index contributed by atoms with van der Waals surface area (Å²) in [5.74, 6) is 0. The maximum atomic E-state index is 4.54. The molecule has 2 aromatic rings. The number of halogens is 2.